The van der Waals surface area contributed by atoms with E-state index in [-0.39, 0.29) is 47.7 Å². The monoisotopic (exact) mass is 566 g/mol. The van der Waals surface area contributed by atoms with Crippen LogP contribution in [0.25, 0.3) is 0 Å². The number of nitrogens with one attached hydrogen (secondary N) is 1. The number of anilines is 1. The molecule has 3 aromatic carbocycles. The number of piperazine rings is 1. The molecule has 2 aliphatic rings. The van der Waals surface area contributed by atoms with Crippen LogP contribution in [0.1, 0.15) is 47.7 Å². The molecule has 0 unspecified atom stereocenters. The van der Waals surface area contributed by atoms with Crippen molar-refractivity contribution in [1.29, 1.82) is 0 Å². The van der Waals surface area contributed by atoms with Crippen LogP contribution in [0.3, 0.4) is 0 Å². The maximum atomic E-state index is 13.1. The summed E-state index contributed by atoms with van der Waals surface area (Å²) in [4.78, 5) is 15.2. The molecule has 0 bridgehead atoms. The van der Waals surface area contributed by atoms with Crippen molar-refractivity contribution in [3.8, 4) is 0 Å². The zero-order valence-electron chi connectivity index (χ0n) is 21.7. The normalized spacial score (nSPS) is 17.8. The molecule has 3 aromatic rings. The van der Waals surface area contributed by atoms with Crippen LogP contribution in [-0.2, 0) is 20.0 Å². The number of hydrogen-bond acceptors (Lipinski definition) is 6. The average Bonchev–Trinajstić information content (AvgIpc) is 3.22. The molecule has 9 nitrogen and oxygen atoms in total. The number of carbonyl (C=O) groups is 1. The third-order valence-electron chi connectivity index (χ3n) is 7.25. The third kappa shape index (κ3) is 5.34. The molecule has 39 heavy (non-hydrogen) atoms. The molecule has 1 N–H and O–H groups in total. The van der Waals surface area contributed by atoms with Crippen LogP contribution in [0.2, 0.25) is 0 Å². The Morgan fingerprint density at radius 2 is 1.59 bits per heavy atom. The van der Waals surface area contributed by atoms with Gasteiger partial charge in [-0.2, -0.15) is 12.7 Å². The molecular formula is C28H30N4O5S2. The lowest BCUT2D eigenvalue weighted by molar-refractivity contribution is 0.0698. The average molecular weight is 567 g/mol. The summed E-state index contributed by atoms with van der Waals surface area (Å²) in [6.45, 7) is 5.22. The number of carbonyl (C=O) groups excluding carboxylic acids is 1. The van der Waals surface area contributed by atoms with Crippen LogP contribution < -0.4 is 5.32 Å². The van der Waals surface area contributed by atoms with Crippen molar-refractivity contribution in [2.24, 2.45) is 4.40 Å². The topological polar surface area (TPSA) is 116 Å². The van der Waals surface area contributed by atoms with Crippen LogP contribution in [0, 0.1) is 0 Å². The number of nitrogens with zero attached hydrogens (tertiary/aromatic N) is 3. The smallest absolute Gasteiger partial charge is 0.285 e. The third-order valence-corrected chi connectivity index (χ3v) is 10.5. The van der Waals surface area contributed by atoms with Crippen molar-refractivity contribution < 1.29 is 21.6 Å². The molecule has 2 aliphatic heterocycles. The molecular weight excluding hydrogens is 536 g/mol. The van der Waals surface area contributed by atoms with Crippen molar-refractivity contribution in [1.82, 2.24) is 9.21 Å². The summed E-state index contributed by atoms with van der Waals surface area (Å²) in [6.07, 6.45) is 0.982. The quantitative estimate of drug-likeness (QED) is 0.484. The maximum absolute atomic E-state index is 13.1. The Bertz CT molecular complexity index is 1630. The van der Waals surface area contributed by atoms with Crippen molar-refractivity contribution in [3.63, 3.8) is 0 Å². The molecule has 11 heteroatoms. The zero-order chi connectivity index (χ0) is 27.8. The fourth-order valence-corrected chi connectivity index (χ4v) is 7.29. The fraction of sp³-hybridized carbons (Fsp3) is 0.286. The standard InChI is InChI=1S/C28H30N4O5S2/c1-3-20(2)21-10-14-24(15-11-21)39(36,37)32-18-16-31(17-19-32)28(33)22-8-12-23(13-9-22)29-27-25-6-4-5-7-26(25)38(34,35)30-27/h4-15,20H,3,16-19H2,1-2H3,(H,29,30)/t20-/m0/s1. The number of benzene rings is 3. The Hall–Kier alpha value is -3.54. The number of amidine groups is 1. The number of hydrogen-bond donors (Lipinski definition) is 1. The highest BCUT2D eigenvalue weighted by Gasteiger charge is 2.31. The predicted molar refractivity (Wildman–Crippen MR) is 150 cm³/mol. The Morgan fingerprint density at radius 3 is 2.23 bits per heavy atom. The van der Waals surface area contributed by atoms with Crippen LogP contribution in [-0.4, -0.2) is 64.0 Å². The lowest BCUT2D eigenvalue weighted by atomic mass is 9.99. The minimum atomic E-state index is -3.73. The Labute approximate surface area is 229 Å². The number of sulfonamides is 2. The predicted octanol–water partition coefficient (Wildman–Crippen LogP) is 3.91. The van der Waals surface area contributed by atoms with E-state index in [4.69, 9.17) is 0 Å². The van der Waals surface area contributed by atoms with Crippen LogP contribution in [0.4, 0.5) is 5.69 Å². The largest absolute Gasteiger partial charge is 0.339 e. The van der Waals surface area contributed by atoms with Gasteiger partial charge in [-0.1, -0.05) is 38.1 Å². The van der Waals surface area contributed by atoms with E-state index < -0.39 is 20.0 Å². The van der Waals surface area contributed by atoms with Gasteiger partial charge in [0.2, 0.25) is 10.0 Å². The van der Waals surface area contributed by atoms with Gasteiger partial charge < -0.3 is 10.2 Å². The van der Waals surface area contributed by atoms with E-state index in [0.717, 1.165) is 12.0 Å². The molecule has 1 saturated heterocycles. The van der Waals surface area contributed by atoms with E-state index in [1.54, 1.807) is 59.5 Å². The molecule has 1 fully saturated rings. The van der Waals surface area contributed by atoms with Crippen molar-refractivity contribution in [2.75, 3.05) is 31.5 Å². The van der Waals surface area contributed by atoms with E-state index in [2.05, 4.69) is 23.6 Å². The van der Waals surface area contributed by atoms with Crippen LogP contribution in [0.15, 0.2) is 87.0 Å². The Morgan fingerprint density at radius 1 is 0.949 bits per heavy atom. The van der Waals surface area contributed by atoms with E-state index >= 15 is 0 Å². The number of fused-ring (bicyclic) bond motifs is 1. The second-order valence-corrected chi connectivity index (χ2v) is 13.2. The highest BCUT2D eigenvalue weighted by molar-refractivity contribution is 7.90. The highest BCUT2D eigenvalue weighted by atomic mass is 32.2. The summed E-state index contributed by atoms with van der Waals surface area (Å²) >= 11 is 0. The van der Waals surface area contributed by atoms with E-state index in [1.807, 2.05) is 12.1 Å². The van der Waals surface area contributed by atoms with Gasteiger partial charge in [0.15, 0.2) is 5.84 Å². The molecule has 5 rings (SSSR count). The van der Waals surface area contributed by atoms with Gasteiger partial charge in [0.05, 0.1) is 4.90 Å². The lowest BCUT2D eigenvalue weighted by Gasteiger charge is -2.34. The molecule has 0 spiro atoms. The molecule has 0 aromatic heterocycles. The Kier molecular flexibility index (Phi) is 7.32. The molecule has 0 radical (unpaired) electrons. The number of rotatable bonds is 6. The molecule has 1 amide bonds. The minimum Gasteiger partial charge on any atom is -0.339 e. The second kappa shape index (κ2) is 10.6. The molecule has 0 aliphatic carbocycles. The first-order chi connectivity index (χ1) is 18.6. The van der Waals surface area contributed by atoms with Gasteiger partial charge in [-0.3, -0.25) is 4.79 Å². The van der Waals surface area contributed by atoms with Crippen molar-refractivity contribution >= 4 is 37.5 Å². The Balaban J connectivity index is 1.21. The van der Waals surface area contributed by atoms with Gasteiger partial charge in [0.1, 0.15) is 4.90 Å². The van der Waals surface area contributed by atoms with Gasteiger partial charge in [0.25, 0.3) is 15.9 Å². The van der Waals surface area contributed by atoms with Crippen LogP contribution in [0.5, 0.6) is 0 Å². The van der Waals surface area contributed by atoms with E-state index in [9.17, 15) is 21.6 Å². The van der Waals surface area contributed by atoms with Crippen LogP contribution >= 0.6 is 0 Å². The second-order valence-electron chi connectivity index (χ2n) is 9.69. The first-order valence-corrected chi connectivity index (χ1v) is 15.7. The fourth-order valence-electron chi connectivity index (χ4n) is 4.70. The molecule has 0 saturated carbocycles. The van der Waals surface area contributed by atoms with E-state index in [0.29, 0.717) is 22.7 Å². The number of amides is 1. The molecule has 2 heterocycles. The first kappa shape index (κ1) is 27.0. The summed E-state index contributed by atoms with van der Waals surface area (Å²) in [7, 11) is -7.37. The van der Waals surface area contributed by atoms with Gasteiger partial charge in [-0.05, 0) is 66.4 Å². The molecule has 1 atom stereocenters. The van der Waals surface area contributed by atoms with Gasteiger partial charge in [0, 0.05) is 43.0 Å². The first-order valence-electron chi connectivity index (χ1n) is 12.8. The van der Waals surface area contributed by atoms with E-state index in [1.165, 1.54) is 10.4 Å². The summed E-state index contributed by atoms with van der Waals surface area (Å²) < 4.78 is 56.1. The highest BCUT2D eigenvalue weighted by Crippen LogP contribution is 2.27. The maximum Gasteiger partial charge on any atom is 0.285 e. The van der Waals surface area contributed by atoms with Gasteiger partial charge in [-0.25, -0.2) is 8.42 Å². The lowest BCUT2D eigenvalue weighted by Crippen LogP contribution is -2.50. The summed E-state index contributed by atoms with van der Waals surface area (Å²) in [5, 5.41) is 3.02. The van der Waals surface area contributed by atoms with Crippen molar-refractivity contribution in [3.05, 3.63) is 89.5 Å². The summed E-state index contributed by atoms with van der Waals surface area (Å²) in [5.74, 6) is 0.407. The summed E-state index contributed by atoms with van der Waals surface area (Å²) in [6, 6.07) is 20.3. The molecule has 204 valence electrons. The van der Waals surface area contributed by atoms with Crippen molar-refractivity contribution in [2.45, 2.75) is 36.0 Å². The SMILES string of the molecule is CC[C@H](C)c1ccc(S(=O)(=O)N2CCN(C(=O)c3ccc(NC4=NS(=O)(=O)c5ccccc54)cc3)CC2)cc1. The summed E-state index contributed by atoms with van der Waals surface area (Å²) in [5.41, 5.74) is 2.66. The zero-order valence-corrected chi connectivity index (χ0v) is 23.4. The minimum absolute atomic E-state index is 0.156. The van der Waals surface area contributed by atoms with Gasteiger partial charge >= 0.3 is 0 Å². The van der Waals surface area contributed by atoms with Gasteiger partial charge in [-0.15, -0.1) is 4.40 Å².